The Morgan fingerprint density at radius 1 is 1.30 bits per heavy atom. The molecule has 1 saturated carbocycles. The summed E-state index contributed by atoms with van der Waals surface area (Å²) >= 11 is 0. The molecule has 1 aromatic carbocycles. The van der Waals surface area contributed by atoms with Crippen molar-refractivity contribution in [1.29, 1.82) is 0 Å². The third kappa shape index (κ3) is 2.33. The van der Waals surface area contributed by atoms with Crippen LogP contribution in [0.5, 0.6) is 0 Å². The van der Waals surface area contributed by atoms with Gasteiger partial charge in [0, 0.05) is 23.6 Å². The molecule has 1 aliphatic carbocycles. The topological polar surface area (TPSA) is 44.9 Å². The van der Waals surface area contributed by atoms with Crippen molar-refractivity contribution in [1.82, 2.24) is 10.3 Å². The fourth-order valence-electron chi connectivity index (χ4n) is 3.40. The summed E-state index contributed by atoms with van der Waals surface area (Å²) in [7, 11) is 0. The highest BCUT2D eigenvalue weighted by Gasteiger charge is 2.32. The van der Waals surface area contributed by atoms with Crippen molar-refractivity contribution in [2.75, 3.05) is 6.54 Å². The second-order valence-electron chi connectivity index (χ2n) is 5.99. The number of carbonyl (C=O) groups is 1. The van der Waals surface area contributed by atoms with E-state index in [-0.39, 0.29) is 5.91 Å². The Morgan fingerprint density at radius 2 is 2.05 bits per heavy atom. The molecule has 0 atom stereocenters. The molecule has 2 N–H and O–H groups in total. The van der Waals surface area contributed by atoms with E-state index in [1.807, 2.05) is 30.5 Å². The molecule has 0 spiro atoms. The summed E-state index contributed by atoms with van der Waals surface area (Å²) < 4.78 is 0. The van der Waals surface area contributed by atoms with E-state index in [1.165, 1.54) is 25.7 Å². The Bertz CT molecular complexity index is 608. The van der Waals surface area contributed by atoms with Crippen LogP contribution in [0.1, 0.15) is 49.4 Å². The molecule has 1 fully saturated rings. The quantitative estimate of drug-likeness (QED) is 0.870. The Labute approximate surface area is 119 Å². The largest absolute Gasteiger partial charge is 0.360 e. The van der Waals surface area contributed by atoms with Crippen LogP contribution in [0.2, 0.25) is 0 Å². The van der Waals surface area contributed by atoms with Crippen LogP contribution in [-0.4, -0.2) is 17.4 Å². The summed E-state index contributed by atoms with van der Waals surface area (Å²) in [6.07, 6.45) is 8.07. The number of para-hydroxylation sites is 1. The first-order chi connectivity index (χ1) is 9.74. The molecule has 2 aromatic rings. The van der Waals surface area contributed by atoms with E-state index in [4.69, 9.17) is 0 Å². The second-order valence-corrected chi connectivity index (χ2v) is 5.99. The van der Waals surface area contributed by atoms with Crippen LogP contribution >= 0.6 is 0 Å². The van der Waals surface area contributed by atoms with Crippen LogP contribution in [-0.2, 0) is 0 Å². The summed E-state index contributed by atoms with van der Waals surface area (Å²) in [4.78, 5) is 15.6. The SMILES string of the molecule is CCC1(CNC(=O)c2c[nH]c3ccccc23)CCCC1. The predicted molar refractivity (Wildman–Crippen MR) is 81.8 cm³/mol. The molecule has 1 heterocycles. The molecule has 0 unspecified atom stereocenters. The zero-order chi connectivity index (χ0) is 14.0. The Balaban J connectivity index is 1.73. The van der Waals surface area contributed by atoms with E-state index >= 15 is 0 Å². The smallest absolute Gasteiger partial charge is 0.253 e. The van der Waals surface area contributed by atoms with Crippen molar-refractivity contribution in [3.63, 3.8) is 0 Å². The number of aromatic amines is 1. The van der Waals surface area contributed by atoms with E-state index in [1.54, 1.807) is 0 Å². The first-order valence-electron chi connectivity index (χ1n) is 7.58. The number of rotatable bonds is 4. The van der Waals surface area contributed by atoms with Crippen molar-refractivity contribution in [2.24, 2.45) is 5.41 Å². The minimum atomic E-state index is 0.0437. The molecule has 0 bridgehead atoms. The van der Waals surface area contributed by atoms with E-state index < -0.39 is 0 Å². The maximum absolute atomic E-state index is 12.4. The summed E-state index contributed by atoms with van der Waals surface area (Å²) in [6.45, 7) is 3.05. The van der Waals surface area contributed by atoms with Gasteiger partial charge in [0.15, 0.2) is 0 Å². The molecule has 3 heteroatoms. The van der Waals surface area contributed by atoms with Crippen molar-refractivity contribution >= 4 is 16.8 Å². The minimum Gasteiger partial charge on any atom is -0.360 e. The minimum absolute atomic E-state index is 0.0437. The van der Waals surface area contributed by atoms with E-state index in [2.05, 4.69) is 17.2 Å². The predicted octanol–water partition coefficient (Wildman–Crippen LogP) is 3.87. The zero-order valence-electron chi connectivity index (χ0n) is 12.0. The molecule has 0 radical (unpaired) electrons. The van der Waals surface area contributed by atoms with Gasteiger partial charge in [-0.15, -0.1) is 0 Å². The number of hydrogen-bond donors (Lipinski definition) is 2. The molecule has 3 rings (SSSR count). The van der Waals surface area contributed by atoms with Gasteiger partial charge in [-0.3, -0.25) is 4.79 Å². The monoisotopic (exact) mass is 270 g/mol. The van der Waals surface area contributed by atoms with E-state index in [0.717, 1.165) is 29.4 Å². The fourth-order valence-corrected chi connectivity index (χ4v) is 3.40. The molecule has 0 saturated heterocycles. The Kier molecular flexibility index (Phi) is 3.51. The highest BCUT2D eigenvalue weighted by Crippen LogP contribution is 2.40. The molecule has 1 aromatic heterocycles. The van der Waals surface area contributed by atoms with E-state index in [9.17, 15) is 4.79 Å². The summed E-state index contributed by atoms with van der Waals surface area (Å²) in [5.74, 6) is 0.0437. The maximum atomic E-state index is 12.4. The lowest BCUT2D eigenvalue weighted by atomic mass is 9.83. The van der Waals surface area contributed by atoms with Crippen molar-refractivity contribution in [2.45, 2.75) is 39.0 Å². The zero-order valence-corrected chi connectivity index (χ0v) is 12.0. The molecular formula is C17H22N2O. The highest BCUT2D eigenvalue weighted by molar-refractivity contribution is 6.06. The van der Waals surface area contributed by atoms with E-state index in [0.29, 0.717) is 5.41 Å². The molecule has 20 heavy (non-hydrogen) atoms. The lowest BCUT2D eigenvalue weighted by Crippen LogP contribution is -2.35. The Morgan fingerprint density at radius 3 is 2.80 bits per heavy atom. The maximum Gasteiger partial charge on any atom is 0.253 e. The molecule has 1 amide bonds. The highest BCUT2D eigenvalue weighted by atomic mass is 16.1. The third-order valence-corrected chi connectivity index (χ3v) is 4.87. The standard InChI is InChI=1S/C17H22N2O/c1-2-17(9-5-6-10-17)12-19-16(20)14-11-18-15-8-4-3-7-13(14)15/h3-4,7-8,11,18H,2,5-6,9-10,12H2,1H3,(H,19,20). The average molecular weight is 270 g/mol. The van der Waals surface area contributed by atoms with Gasteiger partial charge in [0.25, 0.3) is 5.91 Å². The van der Waals surface area contributed by atoms with Gasteiger partial charge in [0.1, 0.15) is 0 Å². The summed E-state index contributed by atoms with van der Waals surface area (Å²) in [5, 5.41) is 4.15. The fraction of sp³-hybridized carbons (Fsp3) is 0.471. The number of hydrogen-bond acceptors (Lipinski definition) is 1. The van der Waals surface area contributed by atoms with Crippen molar-refractivity contribution in [3.05, 3.63) is 36.0 Å². The number of amides is 1. The third-order valence-electron chi connectivity index (χ3n) is 4.87. The number of benzene rings is 1. The number of H-pyrrole nitrogens is 1. The second kappa shape index (κ2) is 5.31. The van der Waals surface area contributed by atoms with Gasteiger partial charge >= 0.3 is 0 Å². The van der Waals surface area contributed by atoms with Gasteiger partial charge in [-0.2, -0.15) is 0 Å². The van der Waals surface area contributed by atoms with Gasteiger partial charge < -0.3 is 10.3 Å². The van der Waals surface area contributed by atoms with Crippen LogP contribution < -0.4 is 5.32 Å². The number of fused-ring (bicyclic) bond motifs is 1. The van der Waals surface area contributed by atoms with Gasteiger partial charge in [-0.25, -0.2) is 0 Å². The number of aromatic nitrogens is 1. The van der Waals surface area contributed by atoms with Crippen LogP contribution in [0.3, 0.4) is 0 Å². The van der Waals surface area contributed by atoms with Gasteiger partial charge in [-0.05, 0) is 30.7 Å². The first kappa shape index (κ1) is 13.2. The molecule has 0 aliphatic heterocycles. The van der Waals surface area contributed by atoms with Crippen LogP contribution in [0.4, 0.5) is 0 Å². The molecule has 1 aliphatic rings. The molecular weight excluding hydrogens is 248 g/mol. The lowest BCUT2D eigenvalue weighted by Gasteiger charge is -2.27. The molecule has 106 valence electrons. The van der Waals surface area contributed by atoms with Gasteiger partial charge in [-0.1, -0.05) is 38.0 Å². The summed E-state index contributed by atoms with van der Waals surface area (Å²) in [6, 6.07) is 7.94. The van der Waals surface area contributed by atoms with Crippen LogP contribution in [0.15, 0.2) is 30.5 Å². The summed E-state index contributed by atoms with van der Waals surface area (Å²) in [5.41, 5.74) is 2.11. The normalized spacial score (nSPS) is 17.4. The lowest BCUT2D eigenvalue weighted by molar-refractivity contribution is 0.0930. The average Bonchev–Trinajstić information content (AvgIpc) is 3.12. The molecule has 3 nitrogen and oxygen atoms in total. The Hall–Kier alpha value is -1.77. The first-order valence-corrected chi connectivity index (χ1v) is 7.58. The van der Waals surface area contributed by atoms with Crippen LogP contribution in [0.25, 0.3) is 10.9 Å². The number of carbonyl (C=O) groups excluding carboxylic acids is 1. The van der Waals surface area contributed by atoms with Crippen LogP contribution in [0, 0.1) is 5.41 Å². The van der Waals surface area contributed by atoms with Crippen molar-refractivity contribution < 1.29 is 4.79 Å². The van der Waals surface area contributed by atoms with Gasteiger partial charge in [0.05, 0.1) is 5.56 Å². The number of nitrogens with one attached hydrogen (secondary N) is 2. The van der Waals surface area contributed by atoms with Gasteiger partial charge in [0.2, 0.25) is 0 Å². The van der Waals surface area contributed by atoms with Crippen molar-refractivity contribution in [3.8, 4) is 0 Å².